The van der Waals surface area contributed by atoms with Crippen LogP contribution in [0.5, 0.6) is 0 Å². The van der Waals surface area contributed by atoms with Crippen LogP contribution < -0.4 is 5.73 Å². The molecule has 12 heteroatoms. The second kappa shape index (κ2) is 9.29. The molecule has 1 aliphatic rings. The van der Waals surface area contributed by atoms with E-state index in [2.05, 4.69) is 10.1 Å². The number of carbonyl (C=O) groups excluding carboxylic acids is 2. The number of imidazole rings is 1. The second-order valence-corrected chi connectivity index (χ2v) is 11.8. The number of fused-ring (bicyclic) bond motifs is 1. The Morgan fingerprint density at radius 1 is 1.03 bits per heavy atom. The minimum atomic E-state index is -4.91. The molecule has 1 aliphatic heterocycles. The summed E-state index contributed by atoms with van der Waals surface area (Å²) in [5.41, 5.74) is 3.63. The van der Waals surface area contributed by atoms with Gasteiger partial charge in [-0.1, -0.05) is 20.8 Å². The normalized spacial score (nSPS) is 17.8. The van der Waals surface area contributed by atoms with Crippen LogP contribution in [0.15, 0.2) is 36.5 Å². The molecule has 210 valence electrons. The average Bonchev–Trinajstić information content (AvgIpc) is 3.25. The maximum Gasteiger partial charge on any atom is 0.415 e. The number of nitrogens with two attached hydrogens (primary N) is 1. The summed E-state index contributed by atoms with van der Waals surface area (Å²) >= 11 is 0. The number of aromatic nitrogens is 3. The minimum absolute atomic E-state index is 0.000230. The molecule has 3 heterocycles. The summed E-state index contributed by atoms with van der Waals surface area (Å²) in [6.45, 7) is 9.75. The van der Waals surface area contributed by atoms with Crippen LogP contribution in [0.2, 0.25) is 0 Å². The van der Waals surface area contributed by atoms with E-state index in [1.807, 2.05) is 26.8 Å². The first-order chi connectivity index (χ1) is 17.8. The van der Waals surface area contributed by atoms with Crippen LogP contribution in [0.4, 0.5) is 17.6 Å². The summed E-state index contributed by atoms with van der Waals surface area (Å²) in [5, 5.41) is 4.61. The zero-order valence-corrected chi connectivity index (χ0v) is 22.7. The zero-order chi connectivity index (χ0) is 29.1. The van der Waals surface area contributed by atoms with E-state index in [4.69, 9.17) is 5.73 Å². The van der Waals surface area contributed by atoms with E-state index < -0.39 is 29.1 Å². The molecule has 1 fully saturated rings. The highest BCUT2D eigenvalue weighted by atomic mass is 19.4. The molecular weight excluding hydrogens is 516 g/mol. The highest BCUT2D eigenvalue weighted by Gasteiger charge is 2.56. The molecule has 0 saturated carbocycles. The molecule has 3 aromatic rings. The van der Waals surface area contributed by atoms with E-state index in [-0.39, 0.29) is 36.6 Å². The first kappa shape index (κ1) is 28.5. The van der Waals surface area contributed by atoms with E-state index >= 15 is 0 Å². The van der Waals surface area contributed by atoms with E-state index in [1.165, 1.54) is 27.7 Å². The Bertz CT molecular complexity index is 1420. The van der Waals surface area contributed by atoms with Gasteiger partial charge in [-0.25, -0.2) is 13.9 Å². The first-order valence-corrected chi connectivity index (χ1v) is 12.5. The smallest absolute Gasteiger partial charge is 0.337 e. The van der Waals surface area contributed by atoms with E-state index in [0.29, 0.717) is 23.8 Å². The molecule has 8 nitrogen and oxygen atoms in total. The minimum Gasteiger partial charge on any atom is -0.337 e. The molecule has 4 rings (SSSR count). The third-order valence-corrected chi connectivity index (χ3v) is 7.06. The highest BCUT2D eigenvalue weighted by Crippen LogP contribution is 2.33. The van der Waals surface area contributed by atoms with Crippen LogP contribution in [0, 0.1) is 5.82 Å². The van der Waals surface area contributed by atoms with Crippen molar-refractivity contribution in [3.8, 4) is 11.3 Å². The molecular formula is C27H32F4N6O2. The lowest BCUT2D eigenvalue weighted by Gasteiger charge is -2.48. The summed E-state index contributed by atoms with van der Waals surface area (Å²) in [5.74, 6) is -2.05. The predicted octanol–water partition coefficient (Wildman–Crippen LogP) is 4.18. The number of benzene rings is 1. The van der Waals surface area contributed by atoms with Crippen LogP contribution in [-0.2, 0) is 10.2 Å². The van der Waals surface area contributed by atoms with Crippen molar-refractivity contribution in [2.75, 3.05) is 19.6 Å². The number of rotatable bonds is 3. The monoisotopic (exact) mass is 548 g/mol. The van der Waals surface area contributed by atoms with Crippen molar-refractivity contribution in [1.82, 2.24) is 24.4 Å². The summed E-state index contributed by atoms with van der Waals surface area (Å²) in [6, 6.07) is 7.79. The number of carbonyl (C=O) groups is 2. The van der Waals surface area contributed by atoms with Crippen molar-refractivity contribution in [2.45, 2.75) is 64.2 Å². The molecule has 0 radical (unpaired) electrons. The summed E-state index contributed by atoms with van der Waals surface area (Å²) in [4.78, 5) is 33.4. The lowest BCUT2D eigenvalue weighted by Crippen LogP contribution is -2.68. The highest BCUT2D eigenvalue weighted by molar-refractivity contribution is 5.94. The van der Waals surface area contributed by atoms with Gasteiger partial charge in [0.05, 0.1) is 17.4 Å². The molecule has 1 unspecified atom stereocenters. The van der Waals surface area contributed by atoms with Crippen molar-refractivity contribution in [3.05, 3.63) is 53.6 Å². The molecule has 0 bridgehead atoms. The molecule has 1 saturated heterocycles. The summed E-state index contributed by atoms with van der Waals surface area (Å²) in [7, 11) is 0. The van der Waals surface area contributed by atoms with Crippen LogP contribution >= 0.6 is 0 Å². The van der Waals surface area contributed by atoms with Gasteiger partial charge in [0.25, 0.3) is 11.8 Å². The van der Waals surface area contributed by atoms with Crippen LogP contribution in [-0.4, -0.2) is 73.1 Å². The quantitative estimate of drug-likeness (QED) is 0.496. The Morgan fingerprint density at radius 2 is 1.64 bits per heavy atom. The van der Waals surface area contributed by atoms with Crippen molar-refractivity contribution >= 4 is 17.5 Å². The maximum absolute atomic E-state index is 13.6. The third kappa shape index (κ3) is 5.21. The molecule has 1 aromatic carbocycles. The lowest BCUT2D eigenvalue weighted by atomic mass is 9.87. The van der Waals surface area contributed by atoms with Gasteiger partial charge in [-0.15, -0.1) is 0 Å². The van der Waals surface area contributed by atoms with Gasteiger partial charge < -0.3 is 15.5 Å². The number of piperazine rings is 1. The Labute approximate surface area is 223 Å². The Morgan fingerprint density at radius 3 is 2.18 bits per heavy atom. The van der Waals surface area contributed by atoms with Crippen molar-refractivity contribution in [3.63, 3.8) is 0 Å². The van der Waals surface area contributed by atoms with Crippen molar-refractivity contribution in [1.29, 1.82) is 0 Å². The lowest BCUT2D eigenvalue weighted by molar-refractivity contribution is -0.195. The van der Waals surface area contributed by atoms with Gasteiger partial charge in [0.1, 0.15) is 11.5 Å². The van der Waals surface area contributed by atoms with E-state index in [1.54, 1.807) is 26.0 Å². The van der Waals surface area contributed by atoms with Crippen molar-refractivity contribution < 1.29 is 27.2 Å². The number of amides is 2. The molecule has 39 heavy (non-hydrogen) atoms. The summed E-state index contributed by atoms with van der Waals surface area (Å²) in [6.07, 6.45) is -3.41. The van der Waals surface area contributed by atoms with E-state index in [0.717, 1.165) is 10.5 Å². The van der Waals surface area contributed by atoms with Gasteiger partial charge in [0.15, 0.2) is 11.2 Å². The van der Waals surface area contributed by atoms with Gasteiger partial charge in [0, 0.05) is 30.8 Å². The standard InChI is InChI=1S/C27H32F4N6O2/c1-24(2,3)18-13-19(16-7-9-17(28)10-8-16)34-37-14-20(33-21(18)37)22(38)36-12-11-35(15-25(36,4)5)23(39)26(6,32)27(29,30)31/h7-10,13-14H,11-12,15,32H2,1-6H3. The molecule has 2 aromatic heterocycles. The Hall–Kier alpha value is -3.54. The fourth-order valence-electron chi connectivity index (χ4n) is 4.69. The molecule has 2 N–H and O–H groups in total. The van der Waals surface area contributed by atoms with Gasteiger partial charge in [-0.05, 0) is 56.5 Å². The van der Waals surface area contributed by atoms with Gasteiger partial charge in [-0.3, -0.25) is 9.59 Å². The molecule has 0 spiro atoms. The zero-order valence-electron chi connectivity index (χ0n) is 22.7. The Kier molecular flexibility index (Phi) is 6.78. The van der Waals surface area contributed by atoms with Crippen molar-refractivity contribution in [2.24, 2.45) is 5.73 Å². The number of hydrogen-bond donors (Lipinski definition) is 1. The number of nitrogens with zero attached hydrogens (tertiary/aromatic N) is 5. The van der Waals surface area contributed by atoms with Gasteiger partial charge >= 0.3 is 6.18 Å². The average molecular weight is 549 g/mol. The first-order valence-electron chi connectivity index (χ1n) is 12.5. The van der Waals surface area contributed by atoms with Crippen LogP contribution in [0.1, 0.15) is 57.6 Å². The van der Waals surface area contributed by atoms with Crippen LogP contribution in [0.25, 0.3) is 16.9 Å². The predicted molar refractivity (Wildman–Crippen MR) is 137 cm³/mol. The van der Waals surface area contributed by atoms with Gasteiger partial charge in [-0.2, -0.15) is 18.3 Å². The molecule has 0 aliphatic carbocycles. The largest absolute Gasteiger partial charge is 0.415 e. The number of alkyl halides is 3. The topological polar surface area (TPSA) is 96.8 Å². The molecule has 2 amide bonds. The van der Waals surface area contributed by atoms with Crippen LogP contribution in [0.3, 0.4) is 0 Å². The van der Waals surface area contributed by atoms with E-state index in [9.17, 15) is 27.2 Å². The number of halogens is 4. The SMILES string of the molecule is CC(C)(C)c1cc(-c2ccc(F)cc2)nn2cc(C(=O)N3CCN(C(=O)C(C)(N)C(F)(F)F)CC3(C)C)nc12. The number of hydrogen-bond acceptors (Lipinski definition) is 5. The second-order valence-electron chi connectivity index (χ2n) is 11.8. The summed E-state index contributed by atoms with van der Waals surface area (Å²) < 4.78 is 55.1. The molecule has 1 atom stereocenters. The fraction of sp³-hybridized carbons (Fsp3) is 0.481. The maximum atomic E-state index is 13.6. The van der Waals surface area contributed by atoms with Gasteiger partial charge in [0.2, 0.25) is 0 Å². The Balaban J connectivity index is 1.67. The fourth-order valence-corrected chi connectivity index (χ4v) is 4.69. The third-order valence-electron chi connectivity index (χ3n) is 7.06.